The van der Waals surface area contributed by atoms with Gasteiger partial charge in [-0.1, -0.05) is 21.1 Å². The van der Waals surface area contributed by atoms with Crippen molar-refractivity contribution in [3.8, 4) is 0 Å². The first-order chi connectivity index (χ1) is 13.3. The second-order valence-corrected chi connectivity index (χ2v) is 6.14. The van der Waals surface area contributed by atoms with Crippen LogP contribution in [0.5, 0.6) is 0 Å². The quantitative estimate of drug-likeness (QED) is 0.447. The molecule has 3 aromatic rings. The van der Waals surface area contributed by atoms with Gasteiger partial charge in [0.1, 0.15) is 0 Å². The van der Waals surface area contributed by atoms with Gasteiger partial charge in [-0.25, -0.2) is 0 Å². The standard InChI is InChI=1S/C18H19N4O6/c1-2-12-22(13-6-3-9-16(23)19(13)26,14-7-4-10-17(24)20(14)27)15-8-5-11-18(25)21(15)28/h3-11,26-28H,2,12H2,1H3/q+1. The number of pyridine rings is 3. The predicted octanol–water partition coefficient (Wildman–Crippen LogP) is 1.26. The van der Waals surface area contributed by atoms with E-state index in [0.717, 1.165) is 18.2 Å². The number of aromatic nitrogens is 3. The molecule has 0 unspecified atom stereocenters. The van der Waals surface area contributed by atoms with Crippen LogP contribution in [0.3, 0.4) is 0 Å². The molecule has 0 saturated heterocycles. The van der Waals surface area contributed by atoms with Crippen LogP contribution in [0.2, 0.25) is 0 Å². The molecule has 0 atom stereocenters. The number of quaternary nitrogens is 1. The molecule has 3 rings (SSSR count). The van der Waals surface area contributed by atoms with E-state index in [1.807, 2.05) is 0 Å². The van der Waals surface area contributed by atoms with Crippen molar-refractivity contribution >= 4 is 17.5 Å². The van der Waals surface area contributed by atoms with Crippen LogP contribution in [0.1, 0.15) is 13.3 Å². The average Bonchev–Trinajstić information content (AvgIpc) is 2.67. The van der Waals surface area contributed by atoms with E-state index in [1.165, 1.54) is 36.4 Å². The van der Waals surface area contributed by atoms with Gasteiger partial charge < -0.3 is 15.6 Å². The monoisotopic (exact) mass is 387 g/mol. The molecular weight excluding hydrogens is 368 g/mol. The van der Waals surface area contributed by atoms with E-state index in [2.05, 4.69) is 0 Å². The Morgan fingerprint density at radius 2 is 1.00 bits per heavy atom. The van der Waals surface area contributed by atoms with Crippen molar-refractivity contribution in [1.29, 1.82) is 0 Å². The molecular formula is C18H19N4O6+. The highest BCUT2D eigenvalue weighted by molar-refractivity contribution is 5.64. The van der Waals surface area contributed by atoms with Crippen molar-refractivity contribution in [3.05, 3.63) is 85.7 Å². The fourth-order valence-electron chi connectivity index (χ4n) is 3.31. The van der Waals surface area contributed by atoms with E-state index < -0.39 is 21.2 Å². The topological polar surface area (TPSA) is 127 Å². The molecule has 3 N–H and O–H groups in total. The third-order valence-electron chi connectivity index (χ3n) is 4.46. The van der Waals surface area contributed by atoms with Crippen molar-refractivity contribution in [2.24, 2.45) is 0 Å². The zero-order valence-corrected chi connectivity index (χ0v) is 15.0. The Hall–Kier alpha value is -3.79. The summed E-state index contributed by atoms with van der Waals surface area (Å²) < 4.78 is 0.377. The minimum Gasteiger partial charge on any atom is -0.421 e. The van der Waals surface area contributed by atoms with Gasteiger partial charge in [-0.3, -0.25) is 14.4 Å². The highest BCUT2D eigenvalue weighted by Gasteiger charge is 2.44. The molecule has 10 nitrogen and oxygen atoms in total. The van der Waals surface area contributed by atoms with Crippen LogP contribution >= 0.6 is 0 Å². The summed E-state index contributed by atoms with van der Waals surface area (Å²) >= 11 is 0. The van der Waals surface area contributed by atoms with E-state index >= 15 is 0 Å². The van der Waals surface area contributed by atoms with E-state index in [1.54, 1.807) is 6.92 Å². The number of hydrogen-bond acceptors (Lipinski definition) is 6. The van der Waals surface area contributed by atoms with Crippen molar-refractivity contribution < 1.29 is 15.6 Å². The van der Waals surface area contributed by atoms with Gasteiger partial charge in [0, 0.05) is 36.4 Å². The van der Waals surface area contributed by atoms with Gasteiger partial charge in [-0.15, -0.1) is 0 Å². The third kappa shape index (κ3) is 2.76. The normalized spacial score (nSPS) is 11.5. The zero-order chi connectivity index (χ0) is 20.5. The molecule has 0 aliphatic rings. The minimum atomic E-state index is -0.762. The molecule has 3 aromatic heterocycles. The van der Waals surface area contributed by atoms with Gasteiger partial charge in [0.15, 0.2) is 0 Å². The first-order valence-electron chi connectivity index (χ1n) is 8.48. The average molecular weight is 387 g/mol. The summed E-state index contributed by atoms with van der Waals surface area (Å²) in [6.45, 7) is 1.87. The molecule has 10 heteroatoms. The van der Waals surface area contributed by atoms with Crippen LogP contribution in [-0.2, 0) is 0 Å². The van der Waals surface area contributed by atoms with Crippen LogP contribution in [0.25, 0.3) is 0 Å². The molecule has 0 bridgehead atoms. The maximum absolute atomic E-state index is 12.1. The van der Waals surface area contributed by atoms with E-state index in [4.69, 9.17) is 0 Å². The van der Waals surface area contributed by atoms with Crippen LogP contribution in [0.4, 0.5) is 17.5 Å². The second-order valence-electron chi connectivity index (χ2n) is 6.14. The highest BCUT2D eigenvalue weighted by atomic mass is 16.5. The van der Waals surface area contributed by atoms with Gasteiger partial charge in [-0.2, -0.15) is 4.48 Å². The SMILES string of the molecule is CCC[N+](c1cccc(=O)n1O)(c1cccc(=O)n1O)c1cccc(=O)n1O. The summed E-state index contributed by atoms with van der Waals surface area (Å²) in [7, 11) is 0. The Morgan fingerprint density at radius 1 is 0.679 bits per heavy atom. The molecule has 28 heavy (non-hydrogen) atoms. The first kappa shape index (κ1) is 19.0. The Kier molecular flexibility index (Phi) is 4.80. The Bertz CT molecular complexity index is 1050. The summed E-state index contributed by atoms with van der Waals surface area (Å²) in [5.74, 6) is -0.261. The molecule has 0 aliphatic heterocycles. The summed E-state index contributed by atoms with van der Waals surface area (Å²) in [6.07, 6.45) is 0.426. The molecule has 0 radical (unpaired) electrons. The van der Waals surface area contributed by atoms with Crippen molar-refractivity contribution in [2.75, 3.05) is 6.54 Å². The number of nitrogens with zero attached hydrogens (tertiary/aromatic N) is 4. The van der Waals surface area contributed by atoms with Crippen molar-refractivity contribution in [2.45, 2.75) is 13.3 Å². The van der Waals surface area contributed by atoms with Gasteiger partial charge in [0.05, 0.1) is 6.54 Å². The molecule has 0 aromatic carbocycles. The highest BCUT2D eigenvalue weighted by Crippen LogP contribution is 2.41. The molecule has 0 aliphatic carbocycles. The number of hydrogen-bond donors (Lipinski definition) is 3. The van der Waals surface area contributed by atoms with Gasteiger partial charge in [0.2, 0.25) is 0 Å². The van der Waals surface area contributed by atoms with Crippen LogP contribution in [0.15, 0.2) is 69.0 Å². The van der Waals surface area contributed by atoms with Gasteiger partial charge in [-0.05, 0) is 24.6 Å². The van der Waals surface area contributed by atoms with Crippen LogP contribution in [-0.4, -0.2) is 36.4 Å². The van der Waals surface area contributed by atoms with E-state index in [-0.39, 0.29) is 24.0 Å². The Morgan fingerprint density at radius 3 is 1.29 bits per heavy atom. The molecule has 0 saturated carbocycles. The van der Waals surface area contributed by atoms with Gasteiger partial charge in [0.25, 0.3) is 34.1 Å². The van der Waals surface area contributed by atoms with E-state index in [0.29, 0.717) is 20.6 Å². The zero-order valence-electron chi connectivity index (χ0n) is 15.0. The molecule has 0 spiro atoms. The maximum Gasteiger partial charge on any atom is 0.288 e. The van der Waals surface area contributed by atoms with Crippen molar-refractivity contribution in [3.63, 3.8) is 0 Å². The second kappa shape index (κ2) is 7.08. The smallest absolute Gasteiger partial charge is 0.288 e. The lowest BCUT2D eigenvalue weighted by Gasteiger charge is -2.36. The fraction of sp³-hybridized carbons (Fsp3) is 0.167. The minimum absolute atomic E-state index is 0.0814. The van der Waals surface area contributed by atoms with E-state index in [9.17, 15) is 30.0 Å². The van der Waals surface area contributed by atoms with Gasteiger partial charge >= 0.3 is 0 Å². The number of rotatable bonds is 5. The lowest BCUT2D eigenvalue weighted by Crippen LogP contribution is -2.48. The Labute approximate surface area is 158 Å². The summed E-state index contributed by atoms with van der Waals surface area (Å²) in [5, 5.41) is 31.4. The molecule has 3 heterocycles. The van der Waals surface area contributed by atoms with Crippen LogP contribution in [0, 0.1) is 0 Å². The molecule has 0 fully saturated rings. The largest absolute Gasteiger partial charge is 0.421 e. The lowest BCUT2D eigenvalue weighted by atomic mass is 10.2. The van der Waals surface area contributed by atoms with Crippen LogP contribution < -0.4 is 21.2 Å². The van der Waals surface area contributed by atoms with Crippen molar-refractivity contribution in [1.82, 2.24) is 18.7 Å². The maximum atomic E-state index is 12.1. The molecule has 0 amide bonds. The summed E-state index contributed by atoms with van der Waals surface area (Å²) in [6, 6.07) is 11.7. The fourth-order valence-corrected chi connectivity index (χ4v) is 3.31. The summed E-state index contributed by atoms with van der Waals surface area (Å²) in [5.41, 5.74) is -2.29. The predicted molar refractivity (Wildman–Crippen MR) is 99.9 cm³/mol. The Balaban J connectivity index is 2.58. The lowest BCUT2D eigenvalue weighted by molar-refractivity contribution is 0.129. The summed E-state index contributed by atoms with van der Waals surface area (Å²) in [4.78, 5) is 36.3. The third-order valence-corrected chi connectivity index (χ3v) is 4.46. The first-order valence-corrected chi connectivity index (χ1v) is 8.48. The molecule has 146 valence electrons.